The van der Waals surface area contributed by atoms with Gasteiger partial charge in [0.15, 0.2) is 0 Å². The van der Waals surface area contributed by atoms with Crippen molar-refractivity contribution >= 4 is 5.91 Å². The normalized spacial score (nSPS) is 9.83. The lowest BCUT2D eigenvalue weighted by Crippen LogP contribution is -2.29. The van der Waals surface area contributed by atoms with Crippen LogP contribution in [0.5, 0.6) is 0 Å². The van der Waals surface area contributed by atoms with E-state index in [1.807, 2.05) is 0 Å². The van der Waals surface area contributed by atoms with Crippen LogP contribution in [0.4, 0.5) is 0 Å². The van der Waals surface area contributed by atoms with E-state index in [9.17, 15) is 4.79 Å². The number of rotatable bonds is 7. The molecule has 0 aromatic heterocycles. The van der Waals surface area contributed by atoms with Crippen molar-refractivity contribution < 1.29 is 14.6 Å². The highest BCUT2D eigenvalue weighted by atomic mass is 16.5. The van der Waals surface area contributed by atoms with Crippen LogP contribution in [0.25, 0.3) is 0 Å². The maximum atomic E-state index is 10.8. The molecule has 0 aromatic carbocycles. The molecule has 0 saturated carbocycles. The average Bonchev–Trinajstić information content (AvgIpc) is 2.05. The van der Waals surface area contributed by atoms with E-state index >= 15 is 0 Å². The summed E-state index contributed by atoms with van der Waals surface area (Å²) in [6, 6.07) is 0. The van der Waals surface area contributed by atoms with Crippen molar-refractivity contribution in [1.29, 1.82) is 0 Å². The summed E-state index contributed by atoms with van der Waals surface area (Å²) in [5.41, 5.74) is 5.16. The molecule has 12 heavy (non-hydrogen) atoms. The monoisotopic (exact) mass is 176 g/mol. The van der Waals surface area contributed by atoms with Crippen molar-refractivity contribution in [3.63, 3.8) is 0 Å². The molecule has 0 aliphatic heterocycles. The molecule has 0 fully saturated rings. The fourth-order valence-electron chi connectivity index (χ4n) is 0.649. The summed E-state index contributed by atoms with van der Waals surface area (Å²) in [7, 11) is 0. The van der Waals surface area contributed by atoms with Crippen LogP contribution in [0, 0.1) is 0 Å². The SMILES string of the molecule is NCCC(=O)NCCOCCO. The Morgan fingerprint density at radius 3 is 2.83 bits per heavy atom. The number of aliphatic hydroxyl groups is 1. The van der Waals surface area contributed by atoms with Gasteiger partial charge in [-0.25, -0.2) is 0 Å². The largest absolute Gasteiger partial charge is 0.394 e. The van der Waals surface area contributed by atoms with Crippen molar-refractivity contribution in [1.82, 2.24) is 5.32 Å². The highest BCUT2D eigenvalue weighted by Gasteiger charge is 1.96. The van der Waals surface area contributed by atoms with Gasteiger partial charge in [-0.2, -0.15) is 0 Å². The highest BCUT2D eigenvalue weighted by molar-refractivity contribution is 5.75. The topological polar surface area (TPSA) is 84.6 Å². The van der Waals surface area contributed by atoms with Crippen molar-refractivity contribution in [3.05, 3.63) is 0 Å². The number of carbonyl (C=O) groups is 1. The molecule has 0 unspecified atom stereocenters. The lowest BCUT2D eigenvalue weighted by atomic mass is 10.4. The van der Waals surface area contributed by atoms with Gasteiger partial charge < -0.3 is 20.9 Å². The van der Waals surface area contributed by atoms with Gasteiger partial charge in [-0.05, 0) is 0 Å². The van der Waals surface area contributed by atoms with Crippen LogP contribution in [0.3, 0.4) is 0 Å². The van der Waals surface area contributed by atoms with Gasteiger partial charge in [-0.1, -0.05) is 0 Å². The molecule has 5 nitrogen and oxygen atoms in total. The maximum Gasteiger partial charge on any atom is 0.221 e. The summed E-state index contributed by atoms with van der Waals surface area (Å²) in [4.78, 5) is 10.8. The van der Waals surface area contributed by atoms with Gasteiger partial charge in [0.2, 0.25) is 5.91 Å². The van der Waals surface area contributed by atoms with Gasteiger partial charge in [0, 0.05) is 19.5 Å². The van der Waals surface area contributed by atoms with Crippen LogP contribution in [-0.4, -0.2) is 43.9 Å². The van der Waals surface area contributed by atoms with E-state index in [1.165, 1.54) is 0 Å². The quantitative estimate of drug-likeness (QED) is 0.410. The number of nitrogens with two attached hydrogens (primary N) is 1. The van der Waals surface area contributed by atoms with Crippen molar-refractivity contribution in [2.45, 2.75) is 6.42 Å². The molecule has 4 N–H and O–H groups in total. The molecular weight excluding hydrogens is 160 g/mol. The van der Waals surface area contributed by atoms with Crippen LogP contribution in [0.2, 0.25) is 0 Å². The second-order valence-electron chi connectivity index (χ2n) is 2.22. The van der Waals surface area contributed by atoms with Gasteiger partial charge in [0.05, 0.1) is 19.8 Å². The van der Waals surface area contributed by atoms with Gasteiger partial charge in [0.1, 0.15) is 0 Å². The van der Waals surface area contributed by atoms with E-state index in [4.69, 9.17) is 15.6 Å². The van der Waals surface area contributed by atoms with E-state index in [0.29, 0.717) is 32.7 Å². The molecule has 0 aliphatic carbocycles. The van der Waals surface area contributed by atoms with Crippen molar-refractivity contribution in [2.24, 2.45) is 5.73 Å². The lowest BCUT2D eigenvalue weighted by molar-refractivity contribution is -0.121. The molecular formula is C7H16N2O3. The zero-order valence-electron chi connectivity index (χ0n) is 7.08. The Kier molecular flexibility index (Phi) is 7.99. The first-order chi connectivity index (χ1) is 5.81. The fraction of sp³-hybridized carbons (Fsp3) is 0.857. The molecule has 0 saturated heterocycles. The predicted molar refractivity (Wildman–Crippen MR) is 44.6 cm³/mol. The van der Waals surface area contributed by atoms with Crippen LogP contribution in [-0.2, 0) is 9.53 Å². The standard InChI is InChI=1S/C7H16N2O3/c8-2-1-7(11)9-3-5-12-6-4-10/h10H,1-6,8H2,(H,9,11). The number of carbonyl (C=O) groups excluding carboxylic acids is 1. The van der Waals surface area contributed by atoms with Gasteiger partial charge in [-0.15, -0.1) is 0 Å². The van der Waals surface area contributed by atoms with E-state index in [0.717, 1.165) is 0 Å². The average molecular weight is 176 g/mol. The number of hydrogen-bond acceptors (Lipinski definition) is 4. The van der Waals surface area contributed by atoms with Crippen LogP contribution >= 0.6 is 0 Å². The van der Waals surface area contributed by atoms with Gasteiger partial charge in [0.25, 0.3) is 0 Å². The molecule has 0 bridgehead atoms. The van der Waals surface area contributed by atoms with Gasteiger partial charge in [-0.3, -0.25) is 4.79 Å². The summed E-state index contributed by atoms with van der Waals surface area (Å²) in [6.07, 6.45) is 0.347. The Bertz CT molecular complexity index is 119. The summed E-state index contributed by atoms with van der Waals surface area (Å²) in [6.45, 7) is 1.59. The third-order valence-electron chi connectivity index (χ3n) is 1.18. The minimum absolute atomic E-state index is 0.0107. The molecule has 0 aromatic rings. The van der Waals surface area contributed by atoms with E-state index in [-0.39, 0.29) is 12.5 Å². The van der Waals surface area contributed by atoms with Gasteiger partial charge >= 0.3 is 0 Å². The van der Waals surface area contributed by atoms with Crippen LogP contribution in [0.1, 0.15) is 6.42 Å². The molecule has 1 amide bonds. The van der Waals surface area contributed by atoms with Crippen molar-refractivity contribution in [3.8, 4) is 0 Å². The number of amides is 1. The molecule has 0 atom stereocenters. The Morgan fingerprint density at radius 1 is 1.50 bits per heavy atom. The third kappa shape index (κ3) is 7.46. The minimum Gasteiger partial charge on any atom is -0.394 e. The fourth-order valence-corrected chi connectivity index (χ4v) is 0.649. The minimum atomic E-state index is -0.0647. The molecule has 72 valence electrons. The van der Waals surface area contributed by atoms with Crippen molar-refractivity contribution in [2.75, 3.05) is 32.9 Å². The molecule has 0 spiro atoms. The first-order valence-corrected chi connectivity index (χ1v) is 3.96. The Balaban J connectivity index is 3.03. The molecule has 0 aliphatic rings. The van der Waals surface area contributed by atoms with E-state index < -0.39 is 0 Å². The maximum absolute atomic E-state index is 10.8. The summed E-state index contributed by atoms with van der Waals surface area (Å²) < 4.78 is 4.92. The Morgan fingerprint density at radius 2 is 2.25 bits per heavy atom. The molecule has 0 radical (unpaired) electrons. The summed E-state index contributed by atoms with van der Waals surface area (Å²) >= 11 is 0. The van der Waals surface area contributed by atoms with Crippen LogP contribution < -0.4 is 11.1 Å². The molecule has 0 rings (SSSR count). The van der Waals surface area contributed by atoms with E-state index in [1.54, 1.807) is 0 Å². The molecule has 5 heteroatoms. The zero-order valence-corrected chi connectivity index (χ0v) is 7.08. The lowest BCUT2D eigenvalue weighted by Gasteiger charge is -2.03. The Hall–Kier alpha value is -0.650. The number of nitrogens with one attached hydrogen (secondary N) is 1. The smallest absolute Gasteiger partial charge is 0.221 e. The first kappa shape index (κ1) is 11.4. The number of ether oxygens (including phenoxy) is 1. The third-order valence-corrected chi connectivity index (χ3v) is 1.18. The first-order valence-electron chi connectivity index (χ1n) is 3.96. The van der Waals surface area contributed by atoms with E-state index in [2.05, 4.69) is 5.32 Å². The second kappa shape index (κ2) is 8.45. The summed E-state index contributed by atoms with van der Waals surface area (Å²) in [5.74, 6) is -0.0647. The zero-order chi connectivity index (χ0) is 9.23. The Labute approximate surface area is 71.9 Å². The highest BCUT2D eigenvalue weighted by Crippen LogP contribution is 1.75. The molecule has 0 heterocycles. The number of aliphatic hydroxyl groups excluding tert-OH is 1. The second-order valence-corrected chi connectivity index (χ2v) is 2.22. The predicted octanol–water partition coefficient (Wildman–Crippen LogP) is -1.54. The number of hydrogen-bond donors (Lipinski definition) is 3. The van der Waals surface area contributed by atoms with Crippen LogP contribution in [0.15, 0.2) is 0 Å². The summed E-state index contributed by atoms with van der Waals surface area (Å²) in [5, 5.41) is 10.9.